The van der Waals surface area contributed by atoms with Crippen LogP contribution in [-0.2, 0) is 0 Å². The Morgan fingerprint density at radius 1 is 1.37 bits per heavy atom. The highest BCUT2D eigenvalue weighted by Gasteiger charge is 2.17. The lowest BCUT2D eigenvalue weighted by Gasteiger charge is -2.32. The predicted molar refractivity (Wildman–Crippen MR) is 81.0 cm³/mol. The van der Waals surface area contributed by atoms with Crippen LogP contribution in [-0.4, -0.2) is 37.7 Å². The van der Waals surface area contributed by atoms with Crippen molar-refractivity contribution in [3.63, 3.8) is 0 Å². The van der Waals surface area contributed by atoms with Gasteiger partial charge in [-0.2, -0.15) is 0 Å². The van der Waals surface area contributed by atoms with E-state index in [9.17, 15) is 0 Å². The first-order chi connectivity index (χ1) is 9.29. The molecular formula is C16H26N2O. The summed E-state index contributed by atoms with van der Waals surface area (Å²) < 4.78 is 5.51. The molecule has 3 heteroatoms. The number of nitrogens with zero attached hydrogens (tertiary/aromatic N) is 1. The van der Waals surface area contributed by atoms with Gasteiger partial charge in [0.1, 0.15) is 5.75 Å². The van der Waals surface area contributed by atoms with Crippen LogP contribution in [0.15, 0.2) is 24.3 Å². The Hall–Kier alpha value is -1.22. The number of piperidine rings is 1. The minimum atomic E-state index is 0.719. The Labute approximate surface area is 116 Å². The highest BCUT2D eigenvalue weighted by molar-refractivity contribution is 5.48. The molecule has 0 saturated carbocycles. The van der Waals surface area contributed by atoms with Crippen molar-refractivity contribution in [3.05, 3.63) is 24.3 Å². The maximum absolute atomic E-state index is 5.51. The van der Waals surface area contributed by atoms with Crippen LogP contribution in [0.4, 0.5) is 5.69 Å². The zero-order valence-corrected chi connectivity index (χ0v) is 12.2. The van der Waals surface area contributed by atoms with Gasteiger partial charge in [0, 0.05) is 24.3 Å². The summed E-state index contributed by atoms with van der Waals surface area (Å²) in [7, 11) is 2.25. The first-order valence-electron chi connectivity index (χ1n) is 7.46. The lowest BCUT2D eigenvalue weighted by Crippen LogP contribution is -2.37. The number of rotatable bonds is 6. The lowest BCUT2D eigenvalue weighted by atomic mass is 10.0. The fourth-order valence-electron chi connectivity index (χ4n) is 2.75. The maximum atomic E-state index is 5.51. The van der Waals surface area contributed by atoms with Crippen molar-refractivity contribution in [1.82, 2.24) is 4.90 Å². The number of anilines is 1. The number of hydrogen-bond acceptors (Lipinski definition) is 3. The molecule has 0 bridgehead atoms. The summed E-state index contributed by atoms with van der Waals surface area (Å²) in [5.41, 5.74) is 1.16. The Morgan fingerprint density at radius 3 is 3.05 bits per heavy atom. The Balaban J connectivity index is 1.77. The van der Waals surface area contributed by atoms with Gasteiger partial charge < -0.3 is 15.0 Å². The SMILES string of the molecule is CCOc1cccc(NCCC2CCCCN2C)c1. The topological polar surface area (TPSA) is 24.5 Å². The molecule has 1 N–H and O–H groups in total. The molecule has 106 valence electrons. The van der Waals surface area contributed by atoms with E-state index in [1.165, 1.54) is 32.2 Å². The molecule has 3 nitrogen and oxygen atoms in total. The standard InChI is InChI=1S/C16H26N2O/c1-3-19-16-9-6-7-14(13-16)17-11-10-15-8-4-5-12-18(15)2/h6-7,9,13,15,17H,3-5,8,10-12H2,1-2H3. The molecule has 1 fully saturated rings. The molecule has 1 aromatic rings. The second-order valence-electron chi connectivity index (χ2n) is 5.31. The van der Waals surface area contributed by atoms with Crippen molar-refractivity contribution < 1.29 is 4.74 Å². The van der Waals surface area contributed by atoms with Gasteiger partial charge >= 0.3 is 0 Å². The molecule has 2 rings (SSSR count). The zero-order valence-electron chi connectivity index (χ0n) is 12.2. The average molecular weight is 262 g/mol. The van der Waals surface area contributed by atoms with E-state index in [1.807, 2.05) is 19.1 Å². The van der Waals surface area contributed by atoms with E-state index < -0.39 is 0 Å². The van der Waals surface area contributed by atoms with Crippen molar-refractivity contribution in [2.75, 3.05) is 32.1 Å². The molecule has 1 aliphatic heterocycles. The second kappa shape index (κ2) is 7.39. The fourth-order valence-corrected chi connectivity index (χ4v) is 2.75. The first-order valence-corrected chi connectivity index (χ1v) is 7.46. The third-order valence-electron chi connectivity index (χ3n) is 3.87. The number of likely N-dealkylation sites (tertiary alicyclic amines) is 1. The number of ether oxygens (including phenoxy) is 1. The minimum Gasteiger partial charge on any atom is -0.494 e. The van der Waals surface area contributed by atoms with Crippen LogP contribution in [0.1, 0.15) is 32.6 Å². The molecule has 1 aromatic carbocycles. The Morgan fingerprint density at radius 2 is 2.26 bits per heavy atom. The van der Waals surface area contributed by atoms with Gasteiger partial charge in [-0.25, -0.2) is 0 Å². The molecule has 1 heterocycles. The van der Waals surface area contributed by atoms with Crippen LogP contribution in [0.5, 0.6) is 5.75 Å². The number of hydrogen-bond donors (Lipinski definition) is 1. The van der Waals surface area contributed by atoms with Gasteiger partial charge in [-0.1, -0.05) is 12.5 Å². The van der Waals surface area contributed by atoms with E-state index in [4.69, 9.17) is 4.74 Å². The highest BCUT2D eigenvalue weighted by atomic mass is 16.5. The van der Waals surface area contributed by atoms with Crippen LogP contribution in [0.25, 0.3) is 0 Å². The highest BCUT2D eigenvalue weighted by Crippen LogP contribution is 2.20. The first kappa shape index (κ1) is 14.2. The van der Waals surface area contributed by atoms with Gasteiger partial charge in [-0.15, -0.1) is 0 Å². The van der Waals surface area contributed by atoms with Gasteiger partial charge in [-0.05, 0) is 51.9 Å². The van der Waals surface area contributed by atoms with Crippen LogP contribution in [0, 0.1) is 0 Å². The summed E-state index contributed by atoms with van der Waals surface area (Å²) in [6.45, 7) is 5.02. The molecule has 1 atom stereocenters. The normalized spacial score (nSPS) is 20.2. The number of nitrogens with one attached hydrogen (secondary N) is 1. The van der Waals surface area contributed by atoms with Gasteiger partial charge in [0.05, 0.1) is 6.61 Å². The van der Waals surface area contributed by atoms with Crippen LogP contribution in [0.2, 0.25) is 0 Å². The minimum absolute atomic E-state index is 0.719. The molecule has 1 saturated heterocycles. The summed E-state index contributed by atoms with van der Waals surface area (Å²) in [6.07, 6.45) is 5.30. The van der Waals surface area contributed by atoms with E-state index in [2.05, 4.69) is 29.4 Å². The fraction of sp³-hybridized carbons (Fsp3) is 0.625. The van der Waals surface area contributed by atoms with Crippen molar-refractivity contribution in [3.8, 4) is 5.75 Å². The van der Waals surface area contributed by atoms with E-state index in [0.29, 0.717) is 0 Å². The molecule has 19 heavy (non-hydrogen) atoms. The third kappa shape index (κ3) is 4.43. The molecule has 0 aliphatic carbocycles. The Kier molecular flexibility index (Phi) is 5.52. The van der Waals surface area contributed by atoms with Gasteiger partial charge in [0.15, 0.2) is 0 Å². The van der Waals surface area contributed by atoms with Crippen molar-refractivity contribution in [2.45, 2.75) is 38.6 Å². The summed E-state index contributed by atoms with van der Waals surface area (Å²) in [5, 5.41) is 3.50. The summed E-state index contributed by atoms with van der Waals surface area (Å²) in [6, 6.07) is 8.97. The van der Waals surface area contributed by atoms with Crippen molar-refractivity contribution in [2.24, 2.45) is 0 Å². The smallest absolute Gasteiger partial charge is 0.121 e. The molecule has 0 spiro atoms. The van der Waals surface area contributed by atoms with E-state index >= 15 is 0 Å². The van der Waals surface area contributed by atoms with Gasteiger partial charge in [0.2, 0.25) is 0 Å². The molecule has 0 amide bonds. The van der Waals surface area contributed by atoms with Gasteiger partial charge in [-0.3, -0.25) is 0 Å². The van der Waals surface area contributed by atoms with Crippen molar-refractivity contribution in [1.29, 1.82) is 0 Å². The van der Waals surface area contributed by atoms with Crippen LogP contribution < -0.4 is 10.1 Å². The van der Waals surface area contributed by atoms with Crippen molar-refractivity contribution >= 4 is 5.69 Å². The molecule has 0 radical (unpaired) electrons. The zero-order chi connectivity index (χ0) is 13.5. The summed E-state index contributed by atoms with van der Waals surface area (Å²) in [4.78, 5) is 2.50. The second-order valence-corrected chi connectivity index (χ2v) is 5.31. The molecule has 1 aliphatic rings. The van der Waals surface area contributed by atoms with Crippen LogP contribution in [0.3, 0.4) is 0 Å². The summed E-state index contributed by atoms with van der Waals surface area (Å²) in [5.74, 6) is 0.947. The van der Waals surface area contributed by atoms with E-state index in [1.54, 1.807) is 0 Å². The quantitative estimate of drug-likeness (QED) is 0.850. The lowest BCUT2D eigenvalue weighted by molar-refractivity contribution is 0.179. The predicted octanol–water partition coefficient (Wildman–Crippen LogP) is 3.37. The average Bonchev–Trinajstić information content (AvgIpc) is 2.42. The van der Waals surface area contributed by atoms with E-state index in [0.717, 1.165) is 30.6 Å². The maximum Gasteiger partial charge on any atom is 0.121 e. The molecule has 0 aromatic heterocycles. The molecule has 1 unspecified atom stereocenters. The monoisotopic (exact) mass is 262 g/mol. The van der Waals surface area contributed by atoms with Gasteiger partial charge in [0.25, 0.3) is 0 Å². The number of benzene rings is 1. The Bertz CT molecular complexity index is 381. The molecular weight excluding hydrogens is 236 g/mol. The van der Waals surface area contributed by atoms with E-state index in [-0.39, 0.29) is 0 Å². The van der Waals surface area contributed by atoms with Crippen LogP contribution >= 0.6 is 0 Å². The third-order valence-corrected chi connectivity index (χ3v) is 3.87. The summed E-state index contributed by atoms with van der Waals surface area (Å²) >= 11 is 0. The largest absolute Gasteiger partial charge is 0.494 e.